The summed E-state index contributed by atoms with van der Waals surface area (Å²) in [6, 6.07) is 16.4. The van der Waals surface area contributed by atoms with Gasteiger partial charge in [0.1, 0.15) is 5.82 Å². The maximum absolute atomic E-state index is 4.68. The normalized spacial score (nSPS) is 10.7. The highest BCUT2D eigenvalue weighted by atomic mass is 15.0. The van der Waals surface area contributed by atoms with Crippen molar-refractivity contribution in [2.24, 2.45) is 0 Å². The number of benzene rings is 2. The second-order valence-corrected chi connectivity index (χ2v) is 4.81. The van der Waals surface area contributed by atoms with E-state index < -0.39 is 0 Å². The van der Waals surface area contributed by atoms with E-state index in [2.05, 4.69) is 41.3 Å². The number of rotatable bonds is 3. The lowest BCUT2D eigenvalue weighted by Gasteiger charge is -2.09. The van der Waals surface area contributed by atoms with E-state index in [-0.39, 0.29) is 0 Å². The highest BCUT2D eigenvalue weighted by Crippen LogP contribution is 2.25. The molecule has 1 aromatic heterocycles. The van der Waals surface area contributed by atoms with Gasteiger partial charge < -0.3 is 5.32 Å². The highest BCUT2D eigenvalue weighted by molar-refractivity contribution is 5.90. The van der Waals surface area contributed by atoms with E-state index in [1.54, 1.807) is 0 Å². The van der Waals surface area contributed by atoms with Crippen LogP contribution in [0.3, 0.4) is 0 Å². The molecule has 0 aliphatic rings. The Hall–Kier alpha value is -2.42. The van der Waals surface area contributed by atoms with Crippen LogP contribution in [0.2, 0.25) is 0 Å². The van der Waals surface area contributed by atoms with Crippen molar-refractivity contribution in [2.75, 3.05) is 11.9 Å². The van der Waals surface area contributed by atoms with Crippen molar-refractivity contribution in [3.63, 3.8) is 0 Å². The van der Waals surface area contributed by atoms with Crippen LogP contribution in [-0.2, 0) is 0 Å². The van der Waals surface area contributed by atoms with Crippen LogP contribution in [0.15, 0.2) is 48.5 Å². The molecule has 0 amide bonds. The molecule has 0 atom stereocenters. The predicted molar refractivity (Wildman–Crippen MR) is 83.9 cm³/mol. The summed E-state index contributed by atoms with van der Waals surface area (Å²) in [5.41, 5.74) is 3.23. The Bertz CT molecular complexity index is 750. The van der Waals surface area contributed by atoms with Crippen molar-refractivity contribution in [3.05, 3.63) is 54.1 Å². The molecular formula is C17H17N3. The lowest BCUT2D eigenvalue weighted by molar-refractivity contribution is 1.14. The van der Waals surface area contributed by atoms with Crippen LogP contribution in [0.5, 0.6) is 0 Å². The van der Waals surface area contributed by atoms with Gasteiger partial charge in [-0.1, -0.05) is 35.9 Å². The van der Waals surface area contributed by atoms with Crippen molar-refractivity contribution in [2.45, 2.75) is 13.8 Å². The van der Waals surface area contributed by atoms with Crippen LogP contribution in [0.25, 0.3) is 22.3 Å². The third kappa shape index (κ3) is 2.35. The summed E-state index contributed by atoms with van der Waals surface area (Å²) in [4.78, 5) is 9.36. The predicted octanol–water partition coefficient (Wildman–Crippen LogP) is 4.04. The van der Waals surface area contributed by atoms with E-state index >= 15 is 0 Å². The second-order valence-electron chi connectivity index (χ2n) is 4.81. The topological polar surface area (TPSA) is 37.8 Å². The van der Waals surface area contributed by atoms with E-state index in [1.807, 2.05) is 36.4 Å². The fourth-order valence-corrected chi connectivity index (χ4v) is 2.29. The number of anilines is 1. The first-order valence-corrected chi connectivity index (χ1v) is 6.85. The average Bonchev–Trinajstić information content (AvgIpc) is 2.47. The third-order valence-corrected chi connectivity index (χ3v) is 3.22. The molecule has 1 N–H and O–H groups in total. The van der Waals surface area contributed by atoms with Crippen LogP contribution in [-0.4, -0.2) is 16.5 Å². The van der Waals surface area contributed by atoms with Crippen LogP contribution >= 0.6 is 0 Å². The van der Waals surface area contributed by atoms with Gasteiger partial charge in [-0.2, -0.15) is 0 Å². The first-order chi connectivity index (χ1) is 9.78. The molecule has 0 bridgehead atoms. The molecule has 0 unspecified atom stereocenters. The van der Waals surface area contributed by atoms with Gasteiger partial charge in [-0.25, -0.2) is 9.97 Å². The van der Waals surface area contributed by atoms with E-state index in [4.69, 9.17) is 0 Å². The maximum atomic E-state index is 4.68. The van der Waals surface area contributed by atoms with Gasteiger partial charge in [0.25, 0.3) is 0 Å². The van der Waals surface area contributed by atoms with Crippen molar-refractivity contribution < 1.29 is 0 Å². The number of fused-ring (bicyclic) bond motifs is 1. The number of hydrogen-bond donors (Lipinski definition) is 1. The highest BCUT2D eigenvalue weighted by Gasteiger charge is 2.08. The molecule has 0 radical (unpaired) electrons. The Morgan fingerprint density at radius 3 is 2.65 bits per heavy atom. The number of aryl methyl sites for hydroxylation is 1. The summed E-state index contributed by atoms with van der Waals surface area (Å²) < 4.78 is 0. The van der Waals surface area contributed by atoms with E-state index in [0.717, 1.165) is 34.7 Å². The second kappa shape index (κ2) is 5.29. The Morgan fingerprint density at radius 1 is 1.00 bits per heavy atom. The van der Waals surface area contributed by atoms with E-state index in [1.165, 1.54) is 5.56 Å². The molecule has 20 heavy (non-hydrogen) atoms. The molecule has 2 aromatic carbocycles. The first kappa shape index (κ1) is 12.6. The largest absolute Gasteiger partial charge is 0.370 e. The Balaban J connectivity index is 2.21. The van der Waals surface area contributed by atoms with E-state index in [0.29, 0.717) is 0 Å². The van der Waals surface area contributed by atoms with Crippen LogP contribution in [0.4, 0.5) is 5.82 Å². The molecule has 0 saturated carbocycles. The molecule has 1 heterocycles. The standard InChI is InChI=1S/C17H17N3/c1-3-18-17-14-9-4-5-10-15(14)19-16(20-17)13-8-6-7-12(2)11-13/h4-11H,3H2,1-2H3,(H,18,19,20). The van der Waals surface area contributed by atoms with Crippen LogP contribution in [0.1, 0.15) is 12.5 Å². The Labute approximate surface area is 118 Å². The molecule has 0 spiro atoms. The lowest BCUT2D eigenvalue weighted by atomic mass is 10.1. The summed E-state index contributed by atoms with van der Waals surface area (Å²) in [5.74, 6) is 1.66. The molecule has 0 saturated heterocycles. The zero-order chi connectivity index (χ0) is 13.9. The van der Waals surface area contributed by atoms with Gasteiger partial charge >= 0.3 is 0 Å². The Kier molecular flexibility index (Phi) is 3.33. The molecule has 0 aliphatic heterocycles. The molecule has 3 rings (SSSR count). The number of hydrogen-bond acceptors (Lipinski definition) is 3. The fourth-order valence-electron chi connectivity index (χ4n) is 2.29. The summed E-state index contributed by atoms with van der Waals surface area (Å²) in [6.07, 6.45) is 0. The summed E-state index contributed by atoms with van der Waals surface area (Å²) in [6.45, 7) is 4.99. The van der Waals surface area contributed by atoms with Crippen LogP contribution in [0, 0.1) is 6.92 Å². The fraction of sp³-hybridized carbons (Fsp3) is 0.176. The summed E-state index contributed by atoms with van der Waals surface area (Å²) >= 11 is 0. The first-order valence-electron chi connectivity index (χ1n) is 6.85. The molecule has 3 heteroatoms. The smallest absolute Gasteiger partial charge is 0.162 e. The van der Waals surface area contributed by atoms with Gasteiger partial charge in [0.2, 0.25) is 0 Å². The number of nitrogens with zero attached hydrogens (tertiary/aromatic N) is 2. The van der Waals surface area contributed by atoms with E-state index in [9.17, 15) is 0 Å². The maximum Gasteiger partial charge on any atom is 0.162 e. The van der Waals surface area contributed by atoms with Crippen molar-refractivity contribution >= 4 is 16.7 Å². The number of aromatic nitrogens is 2. The minimum absolute atomic E-state index is 0.767. The minimum Gasteiger partial charge on any atom is -0.370 e. The lowest BCUT2D eigenvalue weighted by Crippen LogP contribution is -2.02. The number of para-hydroxylation sites is 1. The third-order valence-electron chi connectivity index (χ3n) is 3.22. The summed E-state index contributed by atoms with van der Waals surface area (Å²) in [7, 11) is 0. The SMILES string of the molecule is CCNc1nc(-c2cccc(C)c2)nc2ccccc12. The number of nitrogens with one attached hydrogen (secondary N) is 1. The average molecular weight is 263 g/mol. The van der Waals surface area contributed by atoms with Crippen LogP contribution < -0.4 is 5.32 Å². The summed E-state index contributed by atoms with van der Waals surface area (Å²) in [5, 5.41) is 4.39. The molecular weight excluding hydrogens is 246 g/mol. The van der Waals surface area contributed by atoms with Gasteiger partial charge in [-0.15, -0.1) is 0 Å². The Morgan fingerprint density at radius 2 is 1.85 bits per heavy atom. The van der Waals surface area contributed by atoms with Crippen molar-refractivity contribution in [1.29, 1.82) is 0 Å². The van der Waals surface area contributed by atoms with Crippen molar-refractivity contribution in [1.82, 2.24) is 9.97 Å². The quantitative estimate of drug-likeness (QED) is 0.775. The molecule has 0 fully saturated rings. The zero-order valence-corrected chi connectivity index (χ0v) is 11.7. The van der Waals surface area contributed by atoms with Gasteiger partial charge in [0.05, 0.1) is 5.52 Å². The van der Waals surface area contributed by atoms with Gasteiger partial charge in [0.15, 0.2) is 5.82 Å². The molecule has 0 aliphatic carbocycles. The van der Waals surface area contributed by atoms with Gasteiger partial charge in [-0.05, 0) is 32.0 Å². The van der Waals surface area contributed by atoms with Crippen molar-refractivity contribution in [3.8, 4) is 11.4 Å². The molecule has 3 aromatic rings. The van der Waals surface area contributed by atoms with Gasteiger partial charge in [0, 0.05) is 17.5 Å². The van der Waals surface area contributed by atoms with Gasteiger partial charge in [-0.3, -0.25) is 0 Å². The minimum atomic E-state index is 0.767. The zero-order valence-electron chi connectivity index (χ0n) is 11.7. The monoisotopic (exact) mass is 263 g/mol. The molecule has 100 valence electrons. The molecule has 3 nitrogen and oxygen atoms in total.